The highest BCUT2D eigenvalue weighted by atomic mass is 19.1. The predicted octanol–water partition coefficient (Wildman–Crippen LogP) is 2.89. The lowest BCUT2D eigenvalue weighted by Gasteiger charge is -2.24. The molecule has 0 radical (unpaired) electrons. The quantitative estimate of drug-likeness (QED) is 0.914. The van der Waals surface area contributed by atoms with Crippen LogP contribution in [0.15, 0.2) is 36.5 Å². The standard InChI is InChI=1S/C16H17FN2O/c17-12-2-6-16-15(9-12)11(7-8-19-16)1-4-14-5-3-13(18)10-20-14/h1-2,4,6-9,13-14H,3,5,10,18H2/t13-,14-/m0/s1. The molecule has 0 saturated carbocycles. The van der Waals surface area contributed by atoms with Crippen LogP contribution >= 0.6 is 0 Å². The van der Waals surface area contributed by atoms with E-state index < -0.39 is 0 Å². The Hall–Kier alpha value is -1.78. The van der Waals surface area contributed by atoms with Crippen LogP contribution in [0.5, 0.6) is 0 Å². The van der Waals surface area contributed by atoms with Crippen LogP contribution in [0.2, 0.25) is 0 Å². The summed E-state index contributed by atoms with van der Waals surface area (Å²) in [7, 11) is 0. The van der Waals surface area contributed by atoms with Crippen LogP contribution in [0, 0.1) is 5.82 Å². The van der Waals surface area contributed by atoms with Crippen molar-refractivity contribution >= 4 is 17.0 Å². The number of benzene rings is 1. The van der Waals surface area contributed by atoms with E-state index >= 15 is 0 Å². The van der Waals surface area contributed by atoms with Crippen molar-refractivity contribution in [3.05, 3.63) is 47.9 Å². The zero-order valence-electron chi connectivity index (χ0n) is 11.1. The van der Waals surface area contributed by atoms with Crippen molar-refractivity contribution in [2.45, 2.75) is 25.0 Å². The number of aromatic nitrogens is 1. The summed E-state index contributed by atoms with van der Waals surface area (Å²) >= 11 is 0. The van der Waals surface area contributed by atoms with E-state index in [9.17, 15) is 4.39 Å². The fraction of sp³-hybridized carbons (Fsp3) is 0.312. The number of nitrogens with zero attached hydrogens (tertiary/aromatic N) is 1. The highest BCUT2D eigenvalue weighted by molar-refractivity contribution is 5.87. The van der Waals surface area contributed by atoms with Crippen molar-refractivity contribution in [2.75, 3.05) is 6.61 Å². The molecule has 1 aliphatic heterocycles. The van der Waals surface area contributed by atoms with Gasteiger partial charge in [-0.25, -0.2) is 4.39 Å². The summed E-state index contributed by atoms with van der Waals surface area (Å²) < 4.78 is 19.0. The van der Waals surface area contributed by atoms with Crippen LogP contribution in [-0.2, 0) is 4.74 Å². The predicted molar refractivity (Wildman–Crippen MR) is 77.7 cm³/mol. The number of nitrogens with two attached hydrogens (primary N) is 1. The van der Waals surface area contributed by atoms with Gasteiger partial charge >= 0.3 is 0 Å². The van der Waals surface area contributed by atoms with E-state index in [2.05, 4.69) is 4.98 Å². The van der Waals surface area contributed by atoms with Crippen LogP contribution in [0.4, 0.5) is 4.39 Å². The average molecular weight is 272 g/mol. The molecule has 1 aromatic carbocycles. The number of fused-ring (bicyclic) bond motifs is 1. The SMILES string of the molecule is N[C@H]1CC[C@H](C=Cc2ccnc3ccc(F)cc23)OC1. The normalized spacial score (nSPS) is 23.5. The van der Waals surface area contributed by atoms with E-state index in [1.807, 2.05) is 18.2 Å². The van der Waals surface area contributed by atoms with Gasteiger partial charge in [-0.3, -0.25) is 4.98 Å². The molecule has 1 saturated heterocycles. The highest BCUT2D eigenvalue weighted by Crippen LogP contribution is 2.21. The van der Waals surface area contributed by atoms with Gasteiger partial charge in [0, 0.05) is 17.6 Å². The van der Waals surface area contributed by atoms with Crippen LogP contribution in [-0.4, -0.2) is 23.7 Å². The molecule has 2 N–H and O–H groups in total. The Kier molecular flexibility index (Phi) is 3.76. The molecule has 1 aromatic heterocycles. The molecule has 1 fully saturated rings. The van der Waals surface area contributed by atoms with E-state index in [4.69, 9.17) is 10.5 Å². The van der Waals surface area contributed by atoms with Gasteiger partial charge in [0.15, 0.2) is 0 Å². The Bertz CT molecular complexity index is 633. The van der Waals surface area contributed by atoms with Gasteiger partial charge in [-0.1, -0.05) is 12.2 Å². The molecular formula is C16H17FN2O. The maximum absolute atomic E-state index is 13.4. The van der Waals surface area contributed by atoms with Crippen molar-refractivity contribution in [2.24, 2.45) is 5.73 Å². The highest BCUT2D eigenvalue weighted by Gasteiger charge is 2.16. The van der Waals surface area contributed by atoms with Gasteiger partial charge in [0.1, 0.15) is 5.82 Å². The van der Waals surface area contributed by atoms with Gasteiger partial charge in [-0.2, -0.15) is 0 Å². The first-order chi connectivity index (χ1) is 9.72. The van der Waals surface area contributed by atoms with Crippen molar-refractivity contribution in [3.8, 4) is 0 Å². The molecule has 0 unspecified atom stereocenters. The lowest BCUT2D eigenvalue weighted by Crippen LogP contribution is -2.34. The van der Waals surface area contributed by atoms with E-state index in [0.717, 1.165) is 29.3 Å². The minimum absolute atomic E-state index is 0.0894. The third-order valence-electron chi connectivity index (χ3n) is 3.57. The van der Waals surface area contributed by atoms with Crippen LogP contribution in [0.3, 0.4) is 0 Å². The first kappa shape index (κ1) is 13.2. The summed E-state index contributed by atoms with van der Waals surface area (Å²) in [5.74, 6) is -0.250. The Morgan fingerprint density at radius 1 is 1.30 bits per heavy atom. The Labute approximate surface area is 117 Å². The van der Waals surface area contributed by atoms with E-state index in [1.54, 1.807) is 12.3 Å². The van der Waals surface area contributed by atoms with Gasteiger partial charge < -0.3 is 10.5 Å². The van der Waals surface area contributed by atoms with E-state index in [-0.39, 0.29) is 18.0 Å². The molecule has 0 spiro atoms. The van der Waals surface area contributed by atoms with Gasteiger partial charge in [-0.15, -0.1) is 0 Å². The summed E-state index contributed by atoms with van der Waals surface area (Å²) in [4.78, 5) is 4.24. The van der Waals surface area contributed by atoms with Gasteiger partial charge in [0.05, 0.1) is 18.2 Å². The molecule has 2 atom stereocenters. The van der Waals surface area contributed by atoms with E-state index in [1.165, 1.54) is 12.1 Å². The molecule has 3 nitrogen and oxygen atoms in total. The topological polar surface area (TPSA) is 48.1 Å². The zero-order valence-corrected chi connectivity index (χ0v) is 11.1. The lowest BCUT2D eigenvalue weighted by molar-refractivity contribution is 0.0349. The molecule has 2 heterocycles. The molecule has 104 valence electrons. The van der Waals surface area contributed by atoms with Crippen molar-refractivity contribution < 1.29 is 9.13 Å². The average Bonchev–Trinajstić information content (AvgIpc) is 2.47. The van der Waals surface area contributed by atoms with Crippen LogP contribution in [0.1, 0.15) is 18.4 Å². The van der Waals surface area contributed by atoms with Crippen molar-refractivity contribution in [3.63, 3.8) is 0 Å². The Morgan fingerprint density at radius 2 is 2.20 bits per heavy atom. The number of hydrogen-bond donors (Lipinski definition) is 1. The summed E-state index contributed by atoms with van der Waals surface area (Å²) in [5.41, 5.74) is 7.54. The molecule has 0 aliphatic carbocycles. The number of halogens is 1. The van der Waals surface area contributed by atoms with Gasteiger partial charge in [0.2, 0.25) is 0 Å². The number of rotatable bonds is 2. The maximum Gasteiger partial charge on any atom is 0.123 e. The molecule has 1 aliphatic rings. The second kappa shape index (κ2) is 5.69. The Morgan fingerprint density at radius 3 is 3.00 bits per heavy atom. The third kappa shape index (κ3) is 2.86. The number of ether oxygens (including phenoxy) is 1. The largest absolute Gasteiger partial charge is 0.373 e. The van der Waals surface area contributed by atoms with Gasteiger partial charge in [-0.05, 0) is 42.7 Å². The van der Waals surface area contributed by atoms with Crippen LogP contribution in [0.25, 0.3) is 17.0 Å². The van der Waals surface area contributed by atoms with Crippen molar-refractivity contribution in [1.29, 1.82) is 0 Å². The lowest BCUT2D eigenvalue weighted by atomic mass is 10.0. The summed E-state index contributed by atoms with van der Waals surface area (Å²) in [5, 5.41) is 0.816. The number of hydrogen-bond acceptors (Lipinski definition) is 3. The maximum atomic E-state index is 13.4. The van der Waals surface area contributed by atoms with Gasteiger partial charge in [0.25, 0.3) is 0 Å². The molecule has 4 heteroatoms. The monoisotopic (exact) mass is 272 g/mol. The zero-order chi connectivity index (χ0) is 13.9. The molecule has 2 aromatic rings. The summed E-state index contributed by atoms with van der Waals surface area (Å²) in [6, 6.07) is 6.66. The fourth-order valence-electron chi connectivity index (χ4n) is 2.44. The second-order valence-electron chi connectivity index (χ2n) is 5.13. The molecular weight excluding hydrogens is 255 g/mol. The molecule has 20 heavy (non-hydrogen) atoms. The van der Waals surface area contributed by atoms with Crippen LogP contribution < -0.4 is 5.73 Å². The first-order valence-electron chi connectivity index (χ1n) is 6.82. The molecule has 0 amide bonds. The molecule has 0 bridgehead atoms. The third-order valence-corrected chi connectivity index (χ3v) is 3.57. The summed E-state index contributed by atoms with van der Waals surface area (Å²) in [6.07, 6.45) is 7.72. The second-order valence-corrected chi connectivity index (χ2v) is 5.13. The first-order valence-corrected chi connectivity index (χ1v) is 6.82. The van der Waals surface area contributed by atoms with Crippen molar-refractivity contribution in [1.82, 2.24) is 4.98 Å². The smallest absolute Gasteiger partial charge is 0.123 e. The Balaban J connectivity index is 1.85. The molecule has 3 rings (SSSR count). The minimum Gasteiger partial charge on any atom is -0.373 e. The number of pyridine rings is 1. The van der Waals surface area contributed by atoms with E-state index in [0.29, 0.717) is 6.61 Å². The summed E-state index contributed by atoms with van der Waals surface area (Å²) in [6.45, 7) is 0.598. The minimum atomic E-state index is -0.250. The fourth-order valence-corrected chi connectivity index (χ4v) is 2.44.